The standard InChI is InChI=1S/C24H33FN4O4S/c1-7-15(12-26)27-21(30)19-18-17(24(18,5)6)13-29(19)22(31)20(23(2,3)4)28-34(32,33)16-10-8-14(25)9-11-16/h8-11,15,17-20,28H,7,13H2,1-6H3,(H,27,30)/t15-,17-,18-,19-,20+/m0/s1. The minimum Gasteiger partial charge on any atom is -0.339 e. The Kier molecular flexibility index (Phi) is 6.86. The Morgan fingerprint density at radius 3 is 2.35 bits per heavy atom. The van der Waals surface area contributed by atoms with E-state index in [4.69, 9.17) is 0 Å². The van der Waals surface area contributed by atoms with Gasteiger partial charge in [-0.15, -0.1) is 0 Å². The third-order valence-electron chi connectivity index (χ3n) is 7.15. The van der Waals surface area contributed by atoms with Crippen molar-refractivity contribution in [2.45, 2.75) is 71.0 Å². The van der Waals surface area contributed by atoms with Gasteiger partial charge in [0.05, 0.1) is 11.0 Å². The van der Waals surface area contributed by atoms with Gasteiger partial charge in [0.25, 0.3) is 0 Å². The zero-order valence-corrected chi connectivity index (χ0v) is 21.2. The highest BCUT2D eigenvalue weighted by Crippen LogP contribution is 2.65. The van der Waals surface area contributed by atoms with Crippen molar-refractivity contribution in [2.75, 3.05) is 6.54 Å². The molecule has 1 aliphatic carbocycles. The molecule has 8 nitrogen and oxygen atoms in total. The molecule has 1 aliphatic heterocycles. The molecule has 3 rings (SSSR count). The van der Waals surface area contributed by atoms with Crippen LogP contribution in [0.4, 0.5) is 4.39 Å². The van der Waals surface area contributed by atoms with E-state index >= 15 is 0 Å². The number of amides is 2. The quantitative estimate of drug-likeness (QED) is 0.606. The first kappa shape index (κ1) is 26.1. The molecule has 0 aromatic heterocycles. The van der Waals surface area contributed by atoms with Crippen molar-refractivity contribution >= 4 is 21.8 Å². The van der Waals surface area contributed by atoms with Gasteiger partial charge < -0.3 is 10.2 Å². The van der Waals surface area contributed by atoms with Crippen LogP contribution in [0.1, 0.15) is 48.0 Å². The van der Waals surface area contributed by atoms with Crippen molar-refractivity contribution in [3.63, 3.8) is 0 Å². The molecule has 0 radical (unpaired) electrons. The van der Waals surface area contributed by atoms with E-state index in [-0.39, 0.29) is 22.1 Å². The van der Waals surface area contributed by atoms with E-state index in [9.17, 15) is 27.7 Å². The number of sulfonamides is 1. The van der Waals surface area contributed by atoms with Crippen LogP contribution < -0.4 is 10.0 Å². The molecule has 2 aliphatic rings. The number of halogens is 1. The minimum absolute atomic E-state index is 0.0676. The van der Waals surface area contributed by atoms with Gasteiger partial charge in [-0.1, -0.05) is 41.5 Å². The summed E-state index contributed by atoms with van der Waals surface area (Å²) in [5.41, 5.74) is -0.940. The van der Waals surface area contributed by atoms with Crippen LogP contribution in [0.5, 0.6) is 0 Å². The van der Waals surface area contributed by atoms with Crippen molar-refractivity contribution in [1.29, 1.82) is 5.26 Å². The van der Waals surface area contributed by atoms with Crippen molar-refractivity contribution in [1.82, 2.24) is 14.9 Å². The van der Waals surface area contributed by atoms with Gasteiger partial charge in [-0.3, -0.25) is 9.59 Å². The van der Waals surface area contributed by atoms with Crippen molar-refractivity contribution in [3.8, 4) is 6.07 Å². The summed E-state index contributed by atoms with van der Waals surface area (Å²) in [5.74, 6) is -1.41. The van der Waals surface area contributed by atoms with Gasteiger partial charge in [0.2, 0.25) is 21.8 Å². The summed E-state index contributed by atoms with van der Waals surface area (Å²) in [6, 6.07) is 3.80. The number of carbonyl (C=O) groups excluding carboxylic acids is 2. The summed E-state index contributed by atoms with van der Waals surface area (Å²) in [6.07, 6.45) is 0.433. The second-order valence-electron chi connectivity index (χ2n) is 10.9. The number of carbonyl (C=O) groups is 2. The van der Waals surface area contributed by atoms with Crippen molar-refractivity contribution in [3.05, 3.63) is 30.1 Å². The summed E-state index contributed by atoms with van der Waals surface area (Å²) in [4.78, 5) is 28.3. The number of hydrogen-bond acceptors (Lipinski definition) is 5. The zero-order valence-electron chi connectivity index (χ0n) is 20.4. The van der Waals surface area contributed by atoms with Crippen LogP contribution in [-0.4, -0.2) is 49.8 Å². The maximum Gasteiger partial charge on any atom is 0.244 e. The Labute approximate surface area is 200 Å². The predicted molar refractivity (Wildman–Crippen MR) is 124 cm³/mol. The molecule has 1 heterocycles. The molecule has 2 N–H and O–H groups in total. The smallest absolute Gasteiger partial charge is 0.244 e. The van der Waals surface area contributed by atoms with Gasteiger partial charge in [-0.25, -0.2) is 12.8 Å². The summed E-state index contributed by atoms with van der Waals surface area (Å²) in [6.45, 7) is 11.4. The summed E-state index contributed by atoms with van der Waals surface area (Å²) >= 11 is 0. The number of likely N-dealkylation sites (tertiary alicyclic amines) is 1. The molecule has 1 saturated carbocycles. The average molecular weight is 493 g/mol. The van der Waals surface area contributed by atoms with Crippen LogP contribution in [0.3, 0.4) is 0 Å². The largest absolute Gasteiger partial charge is 0.339 e. The Hall–Kier alpha value is -2.51. The first-order valence-electron chi connectivity index (χ1n) is 11.4. The monoisotopic (exact) mass is 492 g/mol. The Balaban J connectivity index is 1.90. The number of benzene rings is 1. The second kappa shape index (κ2) is 8.93. The Bertz CT molecular complexity index is 1110. The highest BCUT2D eigenvalue weighted by Gasteiger charge is 2.69. The Morgan fingerprint density at radius 2 is 1.85 bits per heavy atom. The normalized spacial score (nSPS) is 25.1. The van der Waals surface area contributed by atoms with Gasteiger partial charge in [0.1, 0.15) is 23.9 Å². The average Bonchev–Trinajstić information content (AvgIpc) is 3.09. The number of piperidine rings is 1. The van der Waals surface area contributed by atoms with E-state index < -0.39 is 51.2 Å². The summed E-state index contributed by atoms with van der Waals surface area (Å²) in [7, 11) is -4.13. The topological polar surface area (TPSA) is 119 Å². The third-order valence-corrected chi connectivity index (χ3v) is 8.59. The predicted octanol–water partition coefficient (Wildman–Crippen LogP) is 2.42. The van der Waals surface area contributed by atoms with E-state index in [0.29, 0.717) is 13.0 Å². The number of nitrogens with one attached hydrogen (secondary N) is 2. The molecule has 5 atom stereocenters. The molecule has 2 amide bonds. The first-order valence-corrected chi connectivity index (χ1v) is 12.9. The lowest BCUT2D eigenvalue weighted by Crippen LogP contribution is -2.59. The molecule has 34 heavy (non-hydrogen) atoms. The molecule has 1 aromatic carbocycles. The highest BCUT2D eigenvalue weighted by atomic mass is 32.2. The molecule has 0 unspecified atom stereocenters. The molecule has 1 aromatic rings. The molecule has 186 valence electrons. The lowest BCUT2D eigenvalue weighted by Gasteiger charge is -2.37. The summed E-state index contributed by atoms with van der Waals surface area (Å²) in [5, 5.41) is 12.0. The molecule has 1 saturated heterocycles. The Morgan fingerprint density at radius 1 is 1.26 bits per heavy atom. The van der Waals surface area contributed by atoms with E-state index in [2.05, 4.69) is 10.0 Å². The van der Waals surface area contributed by atoms with E-state index in [1.165, 1.54) is 4.90 Å². The number of nitriles is 1. The van der Waals surface area contributed by atoms with Crippen molar-refractivity contribution < 1.29 is 22.4 Å². The maximum atomic E-state index is 13.8. The molecule has 2 fully saturated rings. The maximum absolute atomic E-state index is 13.8. The van der Waals surface area contributed by atoms with Crippen LogP contribution in [0.25, 0.3) is 0 Å². The molecule has 0 bridgehead atoms. The minimum atomic E-state index is -4.13. The van der Waals surface area contributed by atoms with Crippen LogP contribution in [0.2, 0.25) is 0 Å². The molecular formula is C24H33FN4O4S. The fourth-order valence-corrected chi connectivity index (χ4v) is 6.29. The van der Waals surface area contributed by atoms with Gasteiger partial charge >= 0.3 is 0 Å². The second-order valence-corrected chi connectivity index (χ2v) is 12.6. The summed E-state index contributed by atoms with van der Waals surface area (Å²) < 4.78 is 41.8. The number of rotatable bonds is 7. The van der Waals surface area contributed by atoms with Crippen LogP contribution in [0, 0.1) is 39.8 Å². The number of nitrogens with zero attached hydrogens (tertiary/aromatic N) is 2. The van der Waals surface area contributed by atoms with Gasteiger partial charge in [-0.2, -0.15) is 9.98 Å². The molecule has 0 spiro atoms. The van der Waals surface area contributed by atoms with E-state index in [0.717, 1.165) is 24.3 Å². The third kappa shape index (κ3) is 4.82. The fraction of sp³-hybridized carbons (Fsp3) is 0.625. The lowest BCUT2D eigenvalue weighted by molar-refractivity contribution is -0.143. The van der Waals surface area contributed by atoms with E-state index in [1.54, 1.807) is 27.7 Å². The van der Waals surface area contributed by atoms with Gasteiger partial charge in [-0.05, 0) is 53.4 Å². The van der Waals surface area contributed by atoms with Crippen molar-refractivity contribution in [2.24, 2.45) is 22.7 Å². The highest BCUT2D eigenvalue weighted by molar-refractivity contribution is 7.89. The molecule has 10 heteroatoms. The van der Waals surface area contributed by atoms with Crippen LogP contribution in [0.15, 0.2) is 29.2 Å². The SMILES string of the molecule is CC[C@@H](C#N)NC(=O)[C@@H]1[C@@H]2[C@H](CN1C(=O)[C@@H](NS(=O)(=O)c1ccc(F)cc1)C(C)(C)C)C2(C)C. The fourth-order valence-electron chi connectivity index (χ4n) is 4.90. The lowest BCUT2D eigenvalue weighted by atomic mass is 9.86. The number of hydrogen-bond donors (Lipinski definition) is 2. The zero-order chi connectivity index (χ0) is 25.6. The van der Waals surface area contributed by atoms with Crippen LogP contribution >= 0.6 is 0 Å². The number of fused-ring (bicyclic) bond motifs is 1. The van der Waals surface area contributed by atoms with E-state index in [1.807, 2.05) is 19.9 Å². The van der Waals surface area contributed by atoms with Gasteiger partial charge in [0, 0.05) is 6.54 Å². The molecular weight excluding hydrogens is 459 g/mol. The van der Waals surface area contributed by atoms with Gasteiger partial charge in [0.15, 0.2) is 0 Å². The van der Waals surface area contributed by atoms with Crippen LogP contribution in [-0.2, 0) is 19.6 Å². The first-order chi connectivity index (χ1) is 15.6.